The van der Waals surface area contributed by atoms with Crippen LogP contribution in [0.5, 0.6) is 0 Å². The number of nitrogens with one attached hydrogen (secondary N) is 3. The van der Waals surface area contributed by atoms with Crippen LogP contribution in [0.15, 0.2) is 48.4 Å². The number of pyridine rings is 1. The van der Waals surface area contributed by atoms with Crippen LogP contribution in [0, 0.1) is 5.92 Å². The van der Waals surface area contributed by atoms with Crippen molar-refractivity contribution in [3.05, 3.63) is 64.5 Å². The van der Waals surface area contributed by atoms with Crippen molar-refractivity contribution in [1.82, 2.24) is 25.1 Å². The molecule has 0 unspecified atom stereocenters. The number of hydrogen-bond acceptors (Lipinski definition) is 10. The average Bonchev–Trinajstić information content (AvgIpc) is 3.37. The van der Waals surface area contributed by atoms with Gasteiger partial charge in [0.2, 0.25) is 17.0 Å². The summed E-state index contributed by atoms with van der Waals surface area (Å²) in [7, 11) is 0. The summed E-state index contributed by atoms with van der Waals surface area (Å²) in [6, 6.07) is 7.88. The molecule has 6 bridgehead atoms. The standard InChI is InChI=1S/C24H22ClN9OS/c25-19-10-27-23-30-18-5-14(8-26-9-18)1-2-16-7-17(29-22(19)32-23)3-4-20(16)31-21(35)6-15-11-34(12-15)24-33-28-13-36-24/h3-5,7-10,13,15H,1-2,6,11-12H2,(H,31,35)(H2,27,29,30,32). The minimum absolute atomic E-state index is 0.00754. The number of amides is 1. The Morgan fingerprint density at radius 1 is 1.14 bits per heavy atom. The molecule has 0 saturated carbocycles. The van der Waals surface area contributed by atoms with Gasteiger partial charge in [-0.15, -0.1) is 10.2 Å². The number of carbonyl (C=O) groups excluding carboxylic acids is 1. The molecule has 182 valence electrons. The molecule has 12 heteroatoms. The van der Waals surface area contributed by atoms with Crippen LogP contribution in [0.25, 0.3) is 0 Å². The highest BCUT2D eigenvalue weighted by Crippen LogP contribution is 2.31. The summed E-state index contributed by atoms with van der Waals surface area (Å²) in [6.07, 6.45) is 7.07. The van der Waals surface area contributed by atoms with Gasteiger partial charge in [-0.05, 0) is 48.2 Å². The number of benzene rings is 1. The van der Waals surface area contributed by atoms with Crippen LogP contribution >= 0.6 is 22.9 Å². The zero-order valence-corrected chi connectivity index (χ0v) is 20.7. The van der Waals surface area contributed by atoms with Crippen LogP contribution in [0.2, 0.25) is 5.02 Å². The molecule has 1 saturated heterocycles. The Kier molecular flexibility index (Phi) is 6.08. The van der Waals surface area contributed by atoms with E-state index in [1.807, 2.05) is 30.5 Å². The second-order valence-electron chi connectivity index (χ2n) is 8.84. The van der Waals surface area contributed by atoms with E-state index in [1.165, 1.54) is 11.3 Å². The number of aromatic nitrogens is 5. The number of hydrogen-bond donors (Lipinski definition) is 3. The molecule has 5 heterocycles. The van der Waals surface area contributed by atoms with Crippen molar-refractivity contribution >= 4 is 62.8 Å². The summed E-state index contributed by atoms with van der Waals surface area (Å²) in [5.41, 5.74) is 6.22. The van der Waals surface area contributed by atoms with Crippen molar-refractivity contribution in [3.8, 4) is 0 Å². The number of carbonyl (C=O) groups is 1. The largest absolute Gasteiger partial charge is 0.346 e. The predicted octanol–water partition coefficient (Wildman–Crippen LogP) is 4.43. The summed E-state index contributed by atoms with van der Waals surface area (Å²) in [5, 5.41) is 18.9. The number of aryl methyl sites for hydroxylation is 2. The lowest BCUT2D eigenvalue weighted by atomic mass is 9.96. The molecule has 1 amide bonds. The molecular weight excluding hydrogens is 498 g/mol. The Balaban J connectivity index is 1.21. The van der Waals surface area contributed by atoms with Gasteiger partial charge in [0.25, 0.3) is 0 Å². The van der Waals surface area contributed by atoms with Crippen molar-refractivity contribution in [3.63, 3.8) is 0 Å². The maximum atomic E-state index is 12.9. The third-order valence-electron chi connectivity index (χ3n) is 6.17. The maximum absolute atomic E-state index is 12.9. The molecule has 36 heavy (non-hydrogen) atoms. The number of nitrogens with zero attached hydrogens (tertiary/aromatic N) is 6. The van der Waals surface area contributed by atoms with Gasteiger partial charge < -0.3 is 20.9 Å². The number of anilines is 6. The van der Waals surface area contributed by atoms with Crippen LogP contribution in [0.1, 0.15) is 17.5 Å². The summed E-state index contributed by atoms with van der Waals surface area (Å²) < 4.78 is 0. The van der Waals surface area contributed by atoms with Gasteiger partial charge in [-0.25, -0.2) is 4.98 Å². The second kappa shape index (κ2) is 9.67. The predicted molar refractivity (Wildman–Crippen MR) is 141 cm³/mol. The molecule has 4 aromatic rings. The highest BCUT2D eigenvalue weighted by Gasteiger charge is 2.30. The van der Waals surface area contributed by atoms with Crippen molar-refractivity contribution in [2.24, 2.45) is 5.92 Å². The van der Waals surface area contributed by atoms with Crippen molar-refractivity contribution in [1.29, 1.82) is 0 Å². The molecule has 3 N–H and O–H groups in total. The molecule has 0 aliphatic carbocycles. The zero-order chi connectivity index (χ0) is 24.5. The lowest BCUT2D eigenvalue weighted by Gasteiger charge is -2.38. The third-order valence-corrected chi connectivity index (χ3v) is 7.20. The minimum Gasteiger partial charge on any atom is -0.346 e. The first-order valence-corrected chi connectivity index (χ1v) is 12.8. The van der Waals surface area contributed by atoms with Gasteiger partial charge in [-0.2, -0.15) is 4.98 Å². The van der Waals surface area contributed by atoms with E-state index in [2.05, 4.69) is 46.0 Å². The summed E-state index contributed by atoms with van der Waals surface area (Å²) >= 11 is 7.86. The van der Waals surface area contributed by atoms with Gasteiger partial charge in [0.1, 0.15) is 10.5 Å². The minimum atomic E-state index is 0.00754. The van der Waals surface area contributed by atoms with Gasteiger partial charge in [-0.3, -0.25) is 9.78 Å². The first-order valence-electron chi connectivity index (χ1n) is 11.5. The van der Waals surface area contributed by atoms with Crippen LogP contribution in [-0.2, 0) is 17.6 Å². The molecule has 1 aromatic carbocycles. The van der Waals surface area contributed by atoms with Crippen molar-refractivity contribution < 1.29 is 4.79 Å². The van der Waals surface area contributed by atoms with E-state index >= 15 is 0 Å². The Morgan fingerprint density at radius 3 is 2.92 bits per heavy atom. The fraction of sp³-hybridized carbons (Fsp3) is 0.250. The Labute approximate surface area is 216 Å². The number of rotatable bonds is 4. The Hall–Kier alpha value is -3.83. The van der Waals surface area contributed by atoms with Gasteiger partial charge in [-0.1, -0.05) is 22.9 Å². The monoisotopic (exact) mass is 519 g/mol. The van der Waals surface area contributed by atoms with E-state index in [1.54, 1.807) is 17.9 Å². The van der Waals surface area contributed by atoms with Gasteiger partial charge in [0.15, 0.2) is 5.82 Å². The summed E-state index contributed by atoms with van der Waals surface area (Å²) in [4.78, 5) is 28.2. The summed E-state index contributed by atoms with van der Waals surface area (Å²) in [5.74, 6) is 1.22. The summed E-state index contributed by atoms with van der Waals surface area (Å²) in [6.45, 7) is 1.63. The van der Waals surface area contributed by atoms with Crippen LogP contribution in [0.3, 0.4) is 0 Å². The van der Waals surface area contributed by atoms with E-state index in [-0.39, 0.29) is 5.91 Å². The smallest absolute Gasteiger partial charge is 0.229 e. The highest BCUT2D eigenvalue weighted by molar-refractivity contribution is 7.13. The molecule has 1 fully saturated rings. The number of fused-ring (bicyclic) bond motifs is 6. The van der Waals surface area contributed by atoms with E-state index < -0.39 is 0 Å². The molecule has 2 aliphatic rings. The molecule has 3 aromatic heterocycles. The second-order valence-corrected chi connectivity index (χ2v) is 10.1. The molecule has 0 spiro atoms. The fourth-order valence-corrected chi connectivity index (χ4v) is 5.10. The Morgan fingerprint density at radius 2 is 2.06 bits per heavy atom. The van der Waals surface area contributed by atoms with E-state index in [0.717, 1.165) is 59.3 Å². The molecule has 2 aliphatic heterocycles. The number of halogens is 1. The lowest BCUT2D eigenvalue weighted by Crippen LogP contribution is -2.48. The quantitative estimate of drug-likeness (QED) is 0.359. The highest BCUT2D eigenvalue weighted by atomic mass is 35.5. The average molecular weight is 520 g/mol. The maximum Gasteiger partial charge on any atom is 0.229 e. The van der Waals surface area contributed by atoms with Crippen molar-refractivity contribution in [2.75, 3.05) is 33.9 Å². The zero-order valence-electron chi connectivity index (χ0n) is 19.1. The normalized spacial score (nSPS) is 14.9. The molecule has 0 radical (unpaired) electrons. The molecule has 0 atom stereocenters. The topological polar surface area (TPSA) is 121 Å². The van der Waals surface area contributed by atoms with Crippen molar-refractivity contribution in [2.45, 2.75) is 19.3 Å². The third kappa shape index (κ3) is 4.93. The van der Waals surface area contributed by atoms with Gasteiger partial charge in [0.05, 0.1) is 18.1 Å². The van der Waals surface area contributed by atoms with Gasteiger partial charge >= 0.3 is 0 Å². The van der Waals surface area contributed by atoms with Crippen LogP contribution in [-0.4, -0.2) is 44.1 Å². The molecular formula is C24H22ClN9OS. The lowest BCUT2D eigenvalue weighted by molar-refractivity contribution is -0.117. The molecule has 6 rings (SSSR count). The fourth-order valence-electron chi connectivity index (χ4n) is 4.38. The Bertz CT molecular complexity index is 1410. The van der Waals surface area contributed by atoms with Crippen LogP contribution < -0.4 is 20.9 Å². The SMILES string of the molecule is O=C(CC1CN(c2nncs2)C1)Nc1ccc2cc1CCc1cncc(c1)Nc1ncc(Cl)c(n1)N2. The van der Waals surface area contributed by atoms with Gasteiger partial charge in [0, 0.05) is 43.0 Å². The van der Waals surface area contributed by atoms with E-state index in [4.69, 9.17) is 11.6 Å². The van der Waals surface area contributed by atoms with Crippen LogP contribution in [0.4, 0.5) is 34.0 Å². The first kappa shape index (κ1) is 22.6. The molecule has 10 nitrogen and oxygen atoms in total. The van der Waals surface area contributed by atoms with E-state index in [9.17, 15) is 4.79 Å². The first-order chi connectivity index (χ1) is 17.6. The van der Waals surface area contributed by atoms with E-state index in [0.29, 0.717) is 29.1 Å².